The average Bonchev–Trinajstić information content (AvgIpc) is 3.62. The molecule has 1 amide bonds. The molecular weight excluding hydrogens is 524 g/mol. The molecule has 4 aromatic rings. The Morgan fingerprint density at radius 1 is 1.16 bits per heavy atom. The molecule has 0 aromatic carbocycles. The number of hydrogen-bond donors (Lipinski definition) is 1. The van der Waals surface area contributed by atoms with E-state index in [1.54, 1.807) is 39.2 Å². The number of aromatic nitrogens is 4. The molecule has 5 heterocycles. The number of alkyl halides is 4. The van der Waals surface area contributed by atoms with Crippen LogP contribution in [0.25, 0.3) is 27.9 Å². The van der Waals surface area contributed by atoms with Crippen molar-refractivity contribution in [3.8, 4) is 22.3 Å². The molecule has 0 radical (unpaired) electrons. The first-order chi connectivity index (χ1) is 18.2. The number of nitrogens with zero attached hydrogens (tertiary/aromatic N) is 5. The third-order valence-electron chi connectivity index (χ3n) is 6.36. The zero-order chi connectivity index (χ0) is 26.9. The van der Waals surface area contributed by atoms with Gasteiger partial charge in [-0.2, -0.15) is 18.3 Å². The number of carbonyl (C=O) groups is 1. The van der Waals surface area contributed by atoms with Gasteiger partial charge in [0, 0.05) is 55.4 Å². The topological polar surface area (TPSA) is 84.5 Å². The monoisotopic (exact) mass is 548 g/mol. The highest BCUT2D eigenvalue weighted by Gasteiger charge is 2.28. The Hall–Kier alpha value is -3.58. The van der Waals surface area contributed by atoms with Gasteiger partial charge in [0.2, 0.25) is 0 Å². The van der Waals surface area contributed by atoms with Gasteiger partial charge >= 0.3 is 6.18 Å². The van der Waals surface area contributed by atoms with E-state index in [4.69, 9.17) is 0 Å². The maximum atomic E-state index is 13.3. The molecule has 38 heavy (non-hydrogen) atoms. The molecule has 1 N–H and O–H groups in total. The van der Waals surface area contributed by atoms with Gasteiger partial charge in [-0.25, -0.2) is 13.9 Å². The maximum absolute atomic E-state index is 13.3. The number of fused-ring (bicyclic) bond motifs is 1. The maximum Gasteiger partial charge on any atom is 0.405 e. The van der Waals surface area contributed by atoms with Crippen molar-refractivity contribution in [3.63, 3.8) is 0 Å². The number of thiophene rings is 1. The van der Waals surface area contributed by atoms with Gasteiger partial charge < -0.3 is 14.8 Å². The summed E-state index contributed by atoms with van der Waals surface area (Å²) in [7, 11) is 0. The third-order valence-corrected chi connectivity index (χ3v) is 7.29. The van der Waals surface area contributed by atoms with E-state index in [2.05, 4.69) is 15.0 Å². The van der Waals surface area contributed by atoms with Crippen molar-refractivity contribution in [1.82, 2.24) is 29.4 Å². The number of halogens is 4. The highest BCUT2D eigenvalue weighted by atomic mass is 32.1. The van der Waals surface area contributed by atoms with Crippen LogP contribution in [-0.2, 0) is 6.54 Å². The standard InChI is InChI=1S/C25H24F4N6O2S/c26-19-3-6-33(13-19)4-1-5-34-7-2-16(9-22(34)36)18-10-30-23-20(11-32-35(23)12-18)17-8-21(38-14-17)24(37)31-15-25(27,28)29/h2,7-12,14,19H,1,3-6,13,15H2,(H,31,37)/t19-/m1/s1. The first-order valence-electron chi connectivity index (χ1n) is 12.0. The van der Waals surface area contributed by atoms with Crippen LogP contribution in [0.3, 0.4) is 0 Å². The molecule has 1 fully saturated rings. The van der Waals surface area contributed by atoms with Crippen LogP contribution in [0.5, 0.6) is 0 Å². The van der Waals surface area contributed by atoms with E-state index in [1.165, 1.54) is 12.1 Å². The Bertz CT molecular complexity index is 1510. The van der Waals surface area contributed by atoms with Crippen molar-refractivity contribution >= 4 is 22.9 Å². The first kappa shape index (κ1) is 26.0. The van der Waals surface area contributed by atoms with Gasteiger partial charge in [0.05, 0.1) is 11.1 Å². The van der Waals surface area contributed by atoms with Gasteiger partial charge in [-0.05, 0) is 48.0 Å². The minimum absolute atomic E-state index is 0.146. The van der Waals surface area contributed by atoms with Crippen molar-refractivity contribution in [1.29, 1.82) is 0 Å². The smallest absolute Gasteiger partial charge is 0.342 e. The second-order valence-electron chi connectivity index (χ2n) is 9.15. The van der Waals surface area contributed by atoms with Crippen molar-refractivity contribution in [2.24, 2.45) is 0 Å². The summed E-state index contributed by atoms with van der Waals surface area (Å²) in [6.45, 7) is 1.11. The van der Waals surface area contributed by atoms with Crippen LogP contribution in [0, 0.1) is 0 Å². The number of amides is 1. The van der Waals surface area contributed by atoms with Crippen molar-refractivity contribution in [2.45, 2.75) is 31.7 Å². The summed E-state index contributed by atoms with van der Waals surface area (Å²) in [6, 6.07) is 4.86. The molecule has 1 aliphatic heterocycles. The summed E-state index contributed by atoms with van der Waals surface area (Å²) in [5.74, 6) is -0.801. The molecular formula is C25H24F4N6O2S. The Balaban J connectivity index is 1.27. The average molecular weight is 549 g/mol. The number of hydrogen-bond acceptors (Lipinski definition) is 6. The van der Waals surface area contributed by atoms with Gasteiger partial charge in [-0.3, -0.25) is 9.59 Å². The SMILES string of the molecule is O=C(NCC(F)(F)F)c1cc(-c2cnn3cc(-c4ccn(CCCN5CC[C@@H](F)C5)c(=O)c4)cnc23)cs1. The van der Waals surface area contributed by atoms with E-state index < -0.39 is 24.8 Å². The molecule has 200 valence electrons. The largest absolute Gasteiger partial charge is 0.405 e. The van der Waals surface area contributed by atoms with Gasteiger partial charge in [0.25, 0.3) is 11.5 Å². The van der Waals surface area contributed by atoms with Crippen LogP contribution >= 0.6 is 11.3 Å². The number of rotatable bonds is 8. The molecule has 0 aliphatic carbocycles. The number of pyridine rings is 1. The number of likely N-dealkylation sites (tertiary alicyclic amines) is 1. The molecule has 0 saturated carbocycles. The van der Waals surface area contributed by atoms with Crippen molar-refractivity contribution < 1.29 is 22.4 Å². The molecule has 1 saturated heterocycles. The highest BCUT2D eigenvalue weighted by molar-refractivity contribution is 7.12. The second-order valence-corrected chi connectivity index (χ2v) is 10.1. The van der Waals surface area contributed by atoms with E-state index in [1.807, 2.05) is 11.4 Å². The molecule has 0 bridgehead atoms. The Morgan fingerprint density at radius 2 is 2.00 bits per heavy atom. The first-order valence-corrected chi connectivity index (χ1v) is 12.9. The number of nitrogens with one attached hydrogen (secondary N) is 1. The van der Waals surface area contributed by atoms with E-state index in [9.17, 15) is 27.2 Å². The molecule has 5 rings (SSSR count). The summed E-state index contributed by atoms with van der Waals surface area (Å²) >= 11 is 1.03. The van der Waals surface area contributed by atoms with E-state index >= 15 is 0 Å². The van der Waals surface area contributed by atoms with Crippen LogP contribution in [-0.4, -0.2) is 68.5 Å². The summed E-state index contributed by atoms with van der Waals surface area (Å²) in [5.41, 5.74) is 2.94. The predicted molar refractivity (Wildman–Crippen MR) is 135 cm³/mol. The summed E-state index contributed by atoms with van der Waals surface area (Å²) in [4.78, 5) is 31.4. The molecule has 4 aromatic heterocycles. The zero-order valence-corrected chi connectivity index (χ0v) is 20.9. The molecule has 0 spiro atoms. The molecule has 13 heteroatoms. The van der Waals surface area contributed by atoms with Gasteiger partial charge in [-0.15, -0.1) is 11.3 Å². The zero-order valence-electron chi connectivity index (χ0n) is 20.1. The summed E-state index contributed by atoms with van der Waals surface area (Å²) < 4.78 is 53.6. The highest BCUT2D eigenvalue weighted by Crippen LogP contribution is 2.29. The van der Waals surface area contributed by atoms with Crippen LogP contribution in [0.15, 0.2) is 53.2 Å². The van der Waals surface area contributed by atoms with E-state index in [0.717, 1.165) is 30.8 Å². The third kappa shape index (κ3) is 5.94. The molecule has 1 atom stereocenters. The normalized spacial score (nSPS) is 16.4. The molecule has 0 unspecified atom stereocenters. The lowest BCUT2D eigenvalue weighted by atomic mass is 10.1. The number of carbonyl (C=O) groups excluding carboxylic acids is 1. The van der Waals surface area contributed by atoms with Gasteiger partial charge in [0.15, 0.2) is 5.65 Å². The molecule has 1 aliphatic rings. The van der Waals surface area contributed by atoms with Crippen LogP contribution in [0.4, 0.5) is 17.6 Å². The van der Waals surface area contributed by atoms with Crippen LogP contribution in [0.1, 0.15) is 22.5 Å². The Morgan fingerprint density at radius 3 is 2.74 bits per heavy atom. The fourth-order valence-electron chi connectivity index (χ4n) is 4.42. The number of aryl methyl sites for hydroxylation is 1. The summed E-state index contributed by atoms with van der Waals surface area (Å²) in [5, 5.41) is 7.84. The second kappa shape index (κ2) is 10.7. The minimum atomic E-state index is -4.49. The van der Waals surface area contributed by atoms with Crippen LogP contribution in [0.2, 0.25) is 0 Å². The lowest BCUT2D eigenvalue weighted by molar-refractivity contribution is -0.123. The van der Waals surface area contributed by atoms with Crippen molar-refractivity contribution in [2.75, 3.05) is 26.2 Å². The predicted octanol–water partition coefficient (Wildman–Crippen LogP) is 4.01. The Labute approximate surface area is 218 Å². The summed E-state index contributed by atoms with van der Waals surface area (Å²) in [6.07, 6.45) is 2.73. The fourth-order valence-corrected chi connectivity index (χ4v) is 5.24. The lowest BCUT2D eigenvalue weighted by Crippen LogP contribution is -2.33. The van der Waals surface area contributed by atoms with Gasteiger partial charge in [0.1, 0.15) is 12.7 Å². The lowest BCUT2D eigenvalue weighted by Gasteiger charge is -2.14. The molecule has 8 nitrogen and oxygen atoms in total. The fraction of sp³-hybridized carbons (Fsp3) is 0.360. The Kier molecular flexibility index (Phi) is 7.30. The van der Waals surface area contributed by atoms with E-state index in [0.29, 0.717) is 47.4 Å². The minimum Gasteiger partial charge on any atom is -0.342 e. The van der Waals surface area contributed by atoms with E-state index in [-0.39, 0.29) is 10.4 Å². The van der Waals surface area contributed by atoms with Gasteiger partial charge in [-0.1, -0.05) is 0 Å². The van der Waals surface area contributed by atoms with Crippen LogP contribution < -0.4 is 10.9 Å². The van der Waals surface area contributed by atoms with Crippen molar-refractivity contribution in [3.05, 3.63) is 63.6 Å². The quantitative estimate of drug-likeness (QED) is 0.337.